The molecule has 0 heterocycles. The van der Waals surface area contributed by atoms with Crippen molar-refractivity contribution in [3.05, 3.63) is 29.6 Å². The van der Waals surface area contributed by atoms with Gasteiger partial charge in [0, 0.05) is 24.5 Å². The van der Waals surface area contributed by atoms with Gasteiger partial charge in [-0.2, -0.15) is 0 Å². The minimum absolute atomic E-state index is 0.0813. The lowest BCUT2D eigenvalue weighted by molar-refractivity contribution is 0.0593. The van der Waals surface area contributed by atoms with Crippen molar-refractivity contribution in [3.63, 3.8) is 0 Å². The molecule has 1 fully saturated rings. The van der Waals surface area contributed by atoms with E-state index in [-0.39, 0.29) is 17.5 Å². The van der Waals surface area contributed by atoms with E-state index in [1.54, 1.807) is 11.0 Å². The SMILES string of the molecule is COc1ccc(C(=O)N(CCCl)C2CCC2)c(F)c1. The van der Waals surface area contributed by atoms with Gasteiger partial charge in [-0.1, -0.05) is 0 Å². The molecule has 0 radical (unpaired) electrons. The van der Waals surface area contributed by atoms with Crippen molar-refractivity contribution in [3.8, 4) is 5.75 Å². The van der Waals surface area contributed by atoms with Gasteiger partial charge in [0.1, 0.15) is 11.6 Å². The van der Waals surface area contributed by atoms with E-state index < -0.39 is 5.82 Å². The Morgan fingerprint density at radius 2 is 2.26 bits per heavy atom. The van der Waals surface area contributed by atoms with E-state index in [4.69, 9.17) is 16.3 Å². The molecule has 0 spiro atoms. The largest absolute Gasteiger partial charge is 0.497 e. The highest BCUT2D eigenvalue weighted by molar-refractivity contribution is 6.18. The van der Waals surface area contributed by atoms with E-state index in [0.717, 1.165) is 19.3 Å². The first-order valence-electron chi connectivity index (χ1n) is 6.38. The normalized spacial score (nSPS) is 14.9. The molecule has 1 amide bonds. The summed E-state index contributed by atoms with van der Waals surface area (Å²) in [4.78, 5) is 14.1. The van der Waals surface area contributed by atoms with Crippen LogP contribution in [0.25, 0.3) is 0 Å². The summed E-state index contributed by atoms with van der Waals surface area (Å²) in [5.41, 5.74) is 0.0813. The monoisotopic (exact) mass is 285 g/mol. The fourth-order valence-electron chi connectivity index (χ4n) is 2.19. The fraction of sp³-hybridized carbons (Fsp3) is 0.500. The number of nitrogens with zero attached hydrogens (tertiary/aromatic N) is 1. The third-order valence-electron chi connectivity index (χ3n) is 3.51. The van der Waals surface area contributed by atoms with Crippen LogP contribution in [-0.2, 0) is 0 Å². The van der Waals surface area contributed by atoms with Gasteiger partial charge in [0.25, 0.3) is 5.91 Å². The molecule has 0 bridgehead atoms. The number of carbonyl (C=O) groups excluding carboxylic acids is 1. The van der Waals surface area contributed by atoms with Gasteiger partial charge in [0.2, 0.25) is 0 Å². The van der Waals surface area contributed by atoms with Crippen LogP contribution in [-0.4, -0.2) is 36.4 Å². The van der Waals surface area contributed by atoms with Crippen molar-refractivity contribution in [2.45, 2.75) is 25.3 Å². The van der Waals surface area contributed by atoms with E-state index >= 15 is 0 Å². The van der Waals surface area contributed by atoms with Gasteiger partial charge in [-0.3, -0.25) is 4.79 Å². The minimum Gasteiger partial charge on any atom is -0.497 e. The molecular weight excluding hydrogens is 269 g/mol. The van der Waals surface area contributed by atoms with Gasteiger partial charge in [-0.05, 0) is 31.4 Å². The highest BCUT2D eigenvalue weighted by Gasteiger charge is 2.30. The van der Waals surface area contributed by atoms with Crippen molar-refractivity contribution >= 4 is 17.5 Å². The number of benzene rings is 1. The zero-order chi connectivity index (χ0) is 13.8. The van der Waals surface area contributed by atoms with Crippen LogP contribution in [0.2, 0.25) is 0 Å². The highest BCUT2D eigenvalue weighted by Crippen LogP contribution is 2.27. The average molecular weight is 286 g/mol. The van der Waals surface area contributed by atoms with Crippen LogP contribution in [0.3, 0.4) is 0 Å². The molecule has 3 nitrogen and oxygen atoms in total. The maximum Gasteiger partial charge on any atom is 0.257 e. The van der Waals surface area contributed by atoms with Gasteiger partial charge in [0.15, 0.2) is 0 Å². The second-order valence-electron chi connectivity index (χ2n) is 4.62. The summed E-state index contributed by atoms with van der Waals surface area (Å²) >= 11 is 5.73. The van der Waals surface area contributed by atoms with Gasteiger partial charge < -0.3 is 9.64 Å². The smallest absolute Gasteiger partial charge is 0.257 e. The molecule has 0 N–H and O–H groups in total. The Labute approximate surface area is 117 Å². The third kappa shape index (κ3) is 3.00. The number of methoxy groups -OCH3 is 1. The topological polar surface area (TPSA) is 29.5 Å². The summed E-state index contributed by atoms with van der Waals surface area (Å²) < 4.78 is 18.8. The van der Waals surface area contributed by atoms with Crippen molar-refractivity contribution < 1.29 is 13.9 Å². The molecule has 1 aliphatic rings. The highest BCUT2D eigenvalue weighted by atomic mass is 35.5. The summed E-state index contributed by atoms with van der Waals surface area (Å²) in [7, 11) is 1.46. The lowest BCUT2D eigenvalue weighted by Gasteiger charge is -2.37. The Kier molecular flexibility index (Phi) is 4.64. The first-order valence-corrected chi connectivity index (χ1v) is 6.91. The van der Waals surface area contributed by atoms with E-state index in [0.29, 0.717) is 18.2 Å². The molecule has 0 aliphatic heterocycles. The number of amides is 1. The van der Waals surface area contributed by atoms with Crippen LogP contribution in [0.5, 0.6) is 5.75 Å². The molecule has 0 unspecified atom stereocenters. The zero-order valence-electron chi connectivity index (χ0n) is 10.9. The lowest BCUT2D eigenvalue weighted by atomic mass is 9.91. The number of rotatable bonds is 5. The summed E-state index contributed by atoms with van der Waals surface area (Å²) in [5.74, 6) is -0.0737. The molecule has 2 rings (SSSR count). The second-order valence-corrected chi connectivity index (χ2v) is 5.00. The summed E-state index contributed by atoms with van der Waals surface area (Å²) in [6.07, 6.45) is 3.06. The van der Waals surface area contributed by atoms with Crippen LogP contribution in [0.15, 0.2) is 18.2 Å². The predicted octanol–water partition coefficient (Wildman–Crippen LogP) is 3.07. The Hall–Kier alpha value is -1.29. The number of ether oxygens (including phenoxy) is 1. The average Bonchev–Trinajstić information content (AvgIpc) is 2.35. The quantitative estimate of drug-likeness (QED) is 0.778. The molecule has 1 saturated carbocycles. The van der Waals surface area contributed by atoms with Gasteiger partial charge in [-0.25, -0.2) is 4.39 Å². The molecule has 1 aromatic carbocycles. The lowest BCUT2D eigenvalue weighted by Crippen LogP contribution is -2.45. The van der Waals surface area contributed by atoms with Crippen molar-refractivity contribution in [1.29, 1.82) is 0 Å². The molecule has 104 valence electrons. The van der Waals surface area contributed by atoms with Crippen molar-refractivity contribution in [2.24, 2.45) is 0 Å². The van der Waals surface area contributed by atoms with Crippen molar-refractivity contribution in [2.75, 3.05) is 19.5 Å². The molecule has 0 atom stereocenters. The predicted molar refractivity (Wildman–Crippen MR) is 72.3 cm³/mol. The Morgan fingerprint density at radius 3 is 2.74 bits per heavy atom. The van der Waals surface area contributed by atoms with Crippen LogP contribution in [0.4, 0.5) is 4.39 Å². The second kappa shape index (κ2) is 6.24. The summed E-state index contributed by atoms with van der Waals surface area (Å²) in [5, 5.41) is 0. The maximum absolute atomic E-state index is 13.9. The first kappa shape index (κ1) is 14.1. The number of alkyl halides is 1. The van der Waals surface area contributed by atoms with Gasteiger partial charge >= 0.3 is 0 Å². The van der Waals surface area contributed by atoms with E-state index in [1.807, 2.05) is 0 Å². The van der Waals surface area contributed by atoms with Crippen LogP contribution in [0.1, 0.15) is 29.6 Å². The standard InChI is InChI=1S/C14H17ClFNO2/c1-19-11-5-6-12(13(16)9-11)14(18)17(8-7-15)10-3-2-4-10/h5-6,9-10H,2-4,7-8H2,1H3. The molecule has 19 heavy (non-hydrogen) atoms. The Balaban J connectivity index is 2.20. The van der Waals surface area contributed by atoms with E-state index in [2.05, 4.69) is 0 Å². The van der Waals surface area contributed by atoms with E-state index in [1.165, 1.54) is 19.2 Å². The summed E-state index contributed by atoms with van der Waals surface area (Å²) in [6, 6.07) is 4.49. The van der Waals surface area contributed by atoms with Gasteiger partial charge in [0.05, 0.1) is 12.7 Å². The van der Waals surface area contributed by atoms with E-state index in [9.17, 15) is 9.18 Å². The number of hydrogen-bond donors (Lipinski definition) is 0. The summed E-state index contributed by atoms with van der Waals surface area (Å²) in [6.45, 7) is 0.455. The van der Waals surface area contributed by atoms with Gasteiger partial charge in [-0.15, -0.1) is 11.6 Å². The number of halogens is 2. The molecule has 5 heteroatoms. The number of hydrogen-bond acceptors (Lipinski definition) is 2. The Bertz CT molecular complexity index is 463. The maximum atomic E-state index is 13.9. The molecular formula is C14H17ClFNO2. The molecule has 1 aliphatic carbocycles. The van der Waals surface area contributed by atoms with Crippen LogP contribution in [0, 0.1) is 5.82 Å². The molecule has 0 saturated heterocycles. The van der Waals surface area contributed by atoms with Crippen LogP contribution < -0.4 is 4.74 Å². The fourth-order valence-corrected chi connectivity index (χ4v) is 2.37. The molecule has 0 aromatic heterocycles. The third-order valence-corrected chi connectivity index (χ3v) is 3.68. The van der Waals surface area contributed by atoms with Crippen molar-refractivity contribution in [1.82, 2.24) is 4.90 Å². The zero-order valence-corrected chi connectivity index (χ0v) is 11.6. The number of carbonyl (C=O) groups is 1. The Morgan fingerprint density at radius 1 is 1.53 bits per heavy atom. The first-order chi connectivity index (χ1) is 9.17. The minimum atomic E-state index is -0.553. The molecule has 1 aromatic rings. The van der Waals surface area contributed by atoms with Crippen LogP contribution >= 0.6 is 11.6 Å².